The minimum absolute atomic E-state index is 0.0416. The molecule has 1 aliphatic heterocycles. The van der Waals surface area contributed by atoms with E-state index in [4.69, 9.17) is 10.5 Å². The van der Waals surface area contributed by atoms with Gasteiger partial charge >= 0.3 is 0 Å². The first-order chi connectivity index (χ1) is 11.7. The average Bonchev–Trinajstić information content (AvgIpc) is 3.10. The molecule has 1 amide bonds. The number of piperidine rings is 1. The smallest absolute Gasteiger partial charge is 0.239 e. The van der Waals surface area contributed by atoms with Gasteiger partial charge in [0.25, 0.3) is 0 Å². The van der Waals surface area contributed by atoms with Gasteiger partial charge in [-0.25, -0.2) is 4.98 Å². The highest BCUT2D eigenvalue weighted by Crippen LogP contribution is 2.29. The number of nitrogens with zero attached hydrogens (tertiary/aromatic N) is 2. The number of thiazole rings is 1. The Bertz CT molecular complexity index is 703. The topological polar surface area (TPSA) is 80.5 Å². The molecule has 0 radical (unpaired) electrons. The number of hydrogen-bond donors (Lipinski definition) is 2. The van der Waals surface area contributed by atoms with Crippen LogP contribution in [0.4, 0.5) is 10.8 Å². The summed E-state index contributed by atoms with van der Waals surface area (Å²) in [5.41, 5.74) is 8.38. The molecule has 3 rings (SSSR count). The maximum atomic E-state index is 11.4. The zero-order chi connectivity index (χ0) is 16.9. The molecular formula is C17H22N4O2S. The molecule has 0 aliphatic carbocycles. The molecule has 2 aromatic rings. The van der Waals surface area contributed by atoms with Crippen LogP contribution in [0.3, 0.4) is 0 Å². The van der Waals surface area contributed by atoms with Gasteiger partial charge in [-0.15, -0.1) is 11.3 Å². The number of ether oxygens (including phenoxy) is 1. The van der Waals surface area contributed by atoms with Crippen molar-refractivity contribution >= 4 is 28.1 Å². The number of rotatable bonds is 5. The van der Waals surface area contributed by atoms with Crippen molar-refractivity contribution in [3.05, 3.63) is 29.6 Å². The standard InChI is InChI=1S/C17H22N4O2S/c1-23-14-6-3-7-21(10-14)13-5-2-4-12(8-13)15-11-24-17(19-15)20-16(22)9-18/h2,4-5,8,11,14H,3,6-7,9-10,18H2,1H3,(H,19,20,22). The molecule has 7 heteroatoms. The van der Waals surface area contributed by atoms with Crippen LogP contribution in [0.1, 0.15) is 12.8 Å². The van der Waals surface area contributed by atoms with E-state index in [1.54, 1.807) is 7.11 Å². The highest BCUT2D eigenvalue weighted by Gasteiger charge is 2.20. The van der Waals surface area contributed by atoms with E-state index in [0.717, 1.165) is 37.2 Å². The first-order valence-corrected chi connectivity index (χ1v) is 8.91. The van der Waals surface area contributed by atoms with E-state index >= 15 is 0 Å². The number of methoxy groups -OCH3 is 1. The number of nitrogens with one attached hydrogen (secondary N) is 1. The van der Waals surface area contributed by atoms with Crippen molar-refractivity contribution in [1.82, 2.24) is 4.98 Å². The third kappa shape index (κ3) is 3.92. The summed E-state index contributed by atoms with van der Waals surface area (Å²) in [5.74, 6) is -0.233. The average molecular weight is 346 g/mol. The lowest BCUT2D eigenvalue weighted by Crippen LogP contribution is -2.39. The first kappa shape index (κ1) is 16.9. The van der Waals surface area contributed by atoms with Gasteiger partial charge in [0.05, 0.1) is 18.3 Å². The van der Waals surface area contributed by atoms with Gasteiger partial charge in [-0.3, -0.25) is 4.79 Å². The number of nitrogens with two attached hydrogens (primary N) is 1. The minimum atomic E-state index is -0.233. The molecule has 1 aliphatic rings. The van der Waals surface area contributed by atoms with Gasteiger partial charge in [-0.2, -0.15) is 0 Å². The summed E-state index contributed by atoms with van der Waals surface area (Å²) in [4.78, 5) is 18.2. The van der Waals surface area contributed by atoms with Crippen molar-refractivity contribution < 1.29 is 9.53 Å². The summed E-state index contributed by atoms with van der Waals surface area (Å²) < 4.78 is 5.51. The second kappa shape index (κ2) is 7.74. The summed E-state index contributed by atoms with van der Waals surface area (Å²) in [6.07, 6.45) is 2.54. The Balaban J connectivity index is 1.77. The van der Waals surface area contributed by atoms with Crippen LogP contribution in [0.2, 0.25) is 0 Å². The van der Waals surface area contributed by atoms with E-state index in [-0.39, 0.29) is 12.5 Å². The van der Waals surface area contributed by atoms with Gasteiger partial charge in [0.2, 0.25) is 5.91 Å². The highest BCUT2D eigenvalue weighted by molar-refractivity contribution is 7.14. The number of hydrogen-bond acceptors (Lipinski definition) is 6. The van der Waals surface area contributed by atoms with Gasteiger partial charge in [0.1, 0.15) is 0 Å². The van der Waals surface area contributed by atoms with Gasteiger partial charge in [0, 0.05) is 36.8 Å². The van der Waals surface area contributed by atoms with Gasteiger partial charge in [0.15, 0.2) is 5.13 Å². The third-order valence-corrected chi connectivity index (χ3v) is 4.91. The second-order valence-corrected chi connectivity index (χ2v) is 6.64. The van der Waals surface area contributed by atoms with Crippen molar-refractivity contribution in [2.75, 3.05) is 37.0 Å². The number of anilines is 2. The molecular weight excluding hydrogens is 324 g/mol. The molecule has 1 saturated heterocycles. The van der Waals surface area contributed by atoms with Crippen molar-refractivity contribution in [1.29, 1.82) is 0 Å². The molecule has 1 aromatic heterocycles. The molecule has 1 fully saturated rings. The Morgan fingerprint density at radius 1 is 1.54 bits per heavy atom. The van der Waals surface area contributed by atoms with Crippen LogP contribution in [0.15, 0.2) is 29.6 Å². The van der Waals surface area contributed by atoms with Crippen molar-refractivity contribution in [3.63, 3.8) is 0 Å². The van der Waals surface area contributed by atoms with Gasteiger partial charge < -0.3 is 20.7 Å². The normalized spacial score (nSPS) is 17.8. The van der Waals surface area contributed by atoms with E-state index in [1.165, 1.54) is 17.0 Å². The zero-order valence-corrected chi connectivity index (χ0v) is 14.5. The molecule has 24 heavy (non-hydrogen) atoms. The molecule has 1 atom stereocenters. The Morgan fingerprint density at radius 2 is 2.42 bits per heavy atom. The Morgan fingerprint density at radius 3 is 3.21 bits per heavy atom. The predicted molar refractivity (Wildman–Crippen MR) is 97.5 cm³/mol. The maximum Gasteiger partial charge on any atom is 0.239 e. The van der Waals surface area contributed by atoms with E-state index in [2.05, 4.69) is 27.3 Å². The fourth-order valence-corrected chi connectivity index (χ4v) is 3.60. The van der Waals surface area contributed by atoms with Gasteiger partial charge in [-0.1, -0.05) is 12.1 Å². The molecule has 0 bridgehead atoms. The quantitative estimate of drug-likeness (QED) is 0.868. The van der Waals surface area contributed by atoms with E-state index in [9.17, 15) is 4.79 Å². The van der Waals surface area contributed by atoms with Crippen LogP contribution in [-0.4, -0.2) is 43.7 Å². The van der Waals surface area contributed by atoms with E-state index in [0.29, 0.717) is 11.2 Å². The van der Waals surface area contributed by atoms with Crippen LogP contribution in [-0.2, 0) is 9.53 Å². The summed E-state index contributed by atoms with van der Waals surface area (Å²) in [5, 5.41) is 5.21. The molecule has 3 N–H and O–H groups in total. The Kier molecular flexibility index (Phi) is 5.44. The molecule has 0 spiro atoms. The third-order valence-electron chi connectivity index (χ3n) is 4.15. The molecule has 0 saturated carbocycles. The Hall–Kier alpha value is -1.96. The number of amides is 1. The van der Waals surface area contributed by atoms with Crippen LogP contribution in [0.5, 0.6) is 0 Å². The maximum absolute atomic E-state index is 11.4. The largest absolute Gasteiger partial charge is 0.380 e. The number of aromatic nitrogens is 1. The molecule has 2 heterocycles. The molecule has 1 aromatic carbocycles. The van der Waals surface area contributed by atoms with Crippen LogP contribution in [0, 0.1) is 0 Å². The Labute approximate surface area is 145 Å². The lowest BCUT2D eigenvalue weighted by Gasteiger charge is -2.33. The van der Waals surface area contributed by atoms with Gasteiger partial charge in [-0.05, 0) is 25.0 Å². The van der Waals surface area contributed by atoms with Crippen LogP contribution in [0.25, 0.3) is 11.3 Å². The monoisotopic (exact) mass is 346 g/mol. The summed E-state index contributed by atoms with van der Waals surface area (Å²) in [6, 6.07) is 8.33. The summed E-state index contributed by atoms with van der Waals surface area (Å²) >= 11 is 1.40. The molecule has 6 nitrogen and oxygen atoms in total. The SMILES string of the molecule is COC1CCCN(c2cccc(-c3csc(NC(=O)CN)n3)c2)C1. The number of carbonyl (C=O) groups excluding carboxylic acids is 1. The fraction of sp³-hybridized carbons (Fsp3) is 0.412. The van der Waals surface area contributed by atoms with Crippen molar-refractivity contribution in [3.8, 4) is 11.3 Å². The summed E-state index contributed by atoms with van der Waals surface area (Å²) in [7, 11) is 1.77. The predicted octanol–water partition coefficient (Wildman–Crippen LogP) is 2.32. The number of benzene rings is 1. The second-order valence-electron chi connectivity index (χ2n) is 5.79. The van der Waals surface area contributed by atoms with Crippen molar-refractivity contribution in [2.24, 2.45) is 5.73 Å². The lowest BCUT2D eigenvalue weighted by atomic mass is 10.1. The van der Waals surface area contributed by atoms with Crippen LogP contribution < -0.4 is 16.0 Å². The zero-order valence-electron chi connectivity index (χ0n) is 13.7. The summed E-state index contributed by atoms with van der Waals surface area (Å²) in [6.45, 7) is 1.91. The minimum Gasteiger partial charge on any atom is -0.380 e. The lowest BCUT2D eigenvalue weighted by molar-refractivity contribution is -0.114. The van der Waals surface area contributed by atoms with E-state index in [1.807, 2.05) is 17.5 Å². The molecule has 1 unspecified atom stereocenters. The fourth-order valence-electron chi connectivity index (χ4n) is 2.86. The van der Waals surface area contributed by atoms with Crippen molar-refractivity contribution in [2.45, 2.75) is 18.9 Å². The molecule has 128 valence electrons. The number of carbonyl (C=O) groups is 1. The van der Waals surface area contributed by atoms with E-state index < -0.39 is 0 Å². The first-order valence-electron chi connectivity index (χ1n) is 8.03. The highest BCUT2D eigenvalue weighted by atomic mass is 32.1. The van der Waals surface area contributed by atoms with Crippen LogP contribution >= 0.6 is 11.3 Å².